The normalized spacial score (nSPS) is 35.5. The lowest BCUT2D eigenvalue weighted by Gasteiger charge is -2.43. The van der Waals surface area contributed by atoms with Gasteiger partial charge in [0.25, 0.3) is 0 Å². The lowest BCUT2D eigenvalue weighted by Crippen LogP contribution is -2.45. The largest absolute Gasteiger partial charge is 0.358 e. The van der Waals surface area contributed by atoms with Gasteiger partial charge in [0.2, 0.25) is 0 Å². The first-order chi connectivity index (χ1) is 8.83. The summed E-state index contributed by atoms with van der Waals surface area (Å²) in [6, 6.07) is 0.351. The Morgan fingerprint density at radius 3 is 2.79 bits per heavy atom. The number of nitrogens with one attached hydrogen (secondary N) is 1. The minimum atomic E-state index is -0.378. The molecule has 0 aromatic carbocycles. The first kappa shape index (κ1) is 12.8. The molecular formula is C13H19N3O2S. The maximum atomic E-state index is 10.7. The van der Waals surface area contributed by atoms with Crippen LogP contribution in [0.2, 0.25) is 0 Å². The molecule has 2 bridgehead atoms. The molecule has 3 rings (SSSR count). The van der Waals surface area contributed by atoms with Crippen molar-refractivity contribution in [2.75, 3.05) is 5.32 Å². The summed E-state index contributed by atoms with van der Waals surface area (Å²) < 4.78 is 0. The highest BCUT2D eigenvalue weighted by atomic mass is 32.1. The molecular weight excluding hydrogens is 262 g/mol. The summed E-state index contributed by atoms with van der Waals surface area (Å²) in [5.74, 6) is 0.755. The quantitative estimate of drug-likeness (QED) is 0.678. The molecule has 0 aliphatic heterocycles. The molecule has 5 nitrogen and oxygen atoms in total. The van der Waals surface area contributed by atoms with Gasteiger partial charge in [-0.2, -0.15) is 0 Å². The first-order valence-electron chi connectivity index (χ1n) is 6.70. The highest BCUT2D eigenvalue weighted by Gasteiger charge is 2.59. The van der Waals surface area contributed by atoms with Crippen LogP contribution in [0.1, 0.15) is 40.0 Å². The van der Waals surface area contributed by atoms with Gasteiger partial charge in [-0.15, -0.1) is 0 Å². The summed E-state index contributed by atoms with van der Waals surface area (Å²) in [4.78, 5) is 14.5. The molecule has 2 aliphatic carbocycles. The van der Waals surface area contributed by atoms with Crippen molar-refractivity contribution < 1.29 is 4.92 Å². The predicted molar refractivity (Wildman–Crippen MR) is 75.4 cm³/mol. The fraction of sp³-hybridized carbons (Fsp3) is 0.769. The second kappa shape index (κ2) is 3.91. The molecule has 0 radical (unpaired) electrons. The van der Waals surface area contributed by atoms with E-state index < -0.39 is 0 Å². The van der Waals surface area contributed by atoms with Crippen molar-refractivity contribution >= 4 is 21.5 Å². The molecule has 0 saturated heterocycles. The van der Waals surface area contributed by atoms with Gasteiger partial charge >= 0.3 is 5.00 Å². The van der Waals surface area contributed by atoms with Crippen LogP contribution in [0.15, 0.2) is 6.20 Å². The highest BCUT2D eigenvalue weighted by molar-refractivity contribution is 7.18. The Balaban J connectivity index is 1.84. The molecule has 3 unspecified atom stereocenters. The number of hydrogen-bond donors (Lipinski definition) is 1. The first-order valence-corrected chi connectivity index (χ1v) is 7.51. The third-order valence-electron chi connectivity index (χ3n) is 5.21. The Morgan fingerprint density at radius 2 is 2.26 bits per heavy atom. The molecule has 1 heterocycles. The Hall–Kier alpha value is -1.17. The van der Waals surface area contributed by atoms with Crippen LogP contribution in [-0.4, -0.2) is 15.9 Å². The highest BCUT2D eigenvalue weighted by Crippen LogP contribution is 2.63. The van der Waals surface area contributed by atoms with Gasteiger partial charge in [0, 0.05) is 6.04 Å². The maximum Gasteiger partial charge on any atom is 0.345 e. The van der Waals surface area contributed by atoms with E-state index in [2.05, 4.69) is 31.1 Å². The van der Waals surface area contributed by atoms with Gasteiger partial charge in [0.1, 0.15) is 6.20 Å². The Morgan fingerprint density at radius 1 is 1.53 bits per heavy atom. The maximum absolute atomic E-state index is 10.7. The molecule has 2 saturated carbocycles. The molecule has 2 aliphatic rings. The predicted octanol–water partition coefficient (Wildman–Crippen LogP) is 3.68. The van der Waals surface area contributed by atoms with Crippen LogP contribution in [0.4, 0.5) is 10.1 Å². The molecule has 1 aromatic heterocycles. The van der Waals surface area contributed by atoms with Gasteiger partial charge < -0.3 is 5.32 Å². The average molecular weight is 281 g/mol. The summed E-state index contributed by atoms with van der Waals surface area (Å²) in [5.41, 5.74) is 0.530. The molecule has 3 atom stereocenters. The Labute approximate surface area is 116 Å². The number of nitrogens with zero attached hydrogens (tertiary/aromatic N) is 2. The second-order valence-electron chi connectivity index (χ2n) is 6.75. The molecule has 6 heteroatoms. The van der Waals surface area contributed by atoms with Crippen LogP contribution < -0.4 is 5.32 Å². The van der Waals surface area contributed by atoms with Crippen LogP contribution >= 0.6 is 11.3 Å². The van der Waals surface area contributed by atoms with Crippen molar-refractivity contribution in [1.29, 1.82) is 0 Å². The van der Waals surface area contributed by atoms with E-state index in [-0.39, 0.29) is 15.3 Å². The summed E-state index contributed by atoms with van der Waals surface area (Å²) in [6.07, 6.45) is 5.15. The smallest absolute Gasteiger partial charge is 0.345 e. The van der Waals surface area contributed by atoms with Crippen molar-refractivity contribution in [3.8, 4) is 0 Å². The third-order valence-corrected chi connectivity index (χ3v) is 6.09. The van der Waals surface area contributed by atoms with Gasteiger partial charge in [-0.3, -0.25) is 10.1 Å². The number of fused-ring (bicyclic) bond motifs is 2. The lowest BCUT2D eigenvalue weighted by atomic mass is 9.68. The van der Waals surface area contributed by atoms with Crippen LogP contribution in [0.25, 0.3) is 0 Å². The monoisotopic (exact) mass is 281 g/mol. The zero-order valence-electron chi connectivity index (χ0n) is 11.5. The van der Waals surface area contributed by atoms with Crippen molar-refractivity contribution in [2.24, 2.45) is 16.7 Å². The minimum Gasteiger partial charge on any atom is -0.358 e. The van der Waals surface area contributed by atoms with E-state index in [4.69, 9.17) is 0 Å². The number of rotatable bonds is 3. The Bertz CT molecular complexity index is 523. The molecule has 0 spiro atoms. The number of hydrogen-bond acceptors (Lipinski definition) is 5. The summed E-state index contributed by atoms with van der Waals surface area (Å²) in [6.45, 7) is 6.95. The van der Waals surface area contributed by atoms with E-state index in [1.165, 1.54) is 25.5 Å². The van der Waals surface area contributed by atoms with Crippen molar-refractivity contribution in [1.82, 2.24) is 4.98 Å². The van der Waals surface area contributed by atoms with Gasteiger partial charge in [0.05, 0.1) is 4.92 Å². The molecule has 0 amide bonds. The number of anilines is 1. The van der Waals surface area contributed by atoms with Gasteiger partial charge in [-0.05, 0) is 47.3 Å². The van der Waals surface area contributed by atoms with Crippen LogP contribution in [0.3, 0.4) is 0 Å². The average Bonchev–Trinajstić information content (AvgIpc) is 2.95. The minimum absolute atomic E-state index is 0.105. The summed E-state index contributed by atoms with van der Waals surface area (Å²) >= 11 is 1.13. The molecule has 1 aromatic rings. The molecule has 1 N–H and O–H groups in total. The zero-order chi connectivity index (χ0) is 13.8. The van der Waals surface area contributed by atoms with E-state index in [9.17, 15) is 10.1 Å². The van der Waals surface area contributed by atoms with Crippen molar-refractivity contribution in [3.63, 3.8) is 0 Å². The van der Waals surface area contributed by atoms with Crippen LogP contribution in [-0.2, 0) is 0 Å². The fourth-order valence-electron chi connectivity index (χ4n) is 4.20. The summed E-state index contributed by atoms with van der Waals surface area (Å²) in [5, 5.41) is 15.0. The molecule has 2 fully saturated rings. The fourth-order valence-corrected chi connectivity index (χ4v) is 4.86. The molecule has 19 heavy (non-hydrogen) atoms. The lowest BCUT2D eigenvalue weighted by molar-refractivity contribution is -0.380. The topological polar surface area (TPSA) is 68.1 Å². The third kappa shape index (κ3) is 1.84. The van der Waals surface area contributed by atoms with E-state index in [0.717, 1.165) is 17.3 Å². The Kier molecular flexibility index (Phi) is 2.64. The molecule has 104 valence electrons. The standard InChI is InChI=1S/C13H19N3O2S/c1-12(2)8-4-5-13(3,6-8)10(12)15-11-14-7-9(19-11)16(17)18/h7-8,10H,4-6H2,1-3H3,(H,14,15). The van der Waals surface area contributed by atoms with E-state index in [0.29, 0.717) is 16.6 Å². The zero-order valence-corrected chi connectivity index (χ0v) is 12.3. The van der Waals surface area contributed by atoms with Gasteiger partial charge in [0.15, 0.2) is 5.13 Å². The van der Waals surface area contributed by atoms with E-state index >= 15 is 0 Å². The van der Waals surface area contributed by atoms with Crippen LogP contribution in [0.5, 0.6) is 0 Å². The number of aromatic nitrogens is 1. The van der Waals surface area contributed by atoms with Crippen molar-refractivity contribution in [3.05, 3.63) is 16.3 Å². The van der Waals surface area contributed by atoms with E-state index in [1.807, 2.05) is 0 Å². The number of thiazole rings is 1. The van der Waals surface area contributed by atoms with Crippen molar-refractivity contribution in [2.45, 2.75) is 46.1 Å². The van der Waals surface area contributed by atoms with Crippen LogP contribution in [0, 0.1) is 26.9 Å². The SMILES string of the molecule is CC12CCC(C1)C(C)(C)C2Nc1ncc([N+](=O)[O-])s1. The number of nitro groups is 1. The summed E-state index contributed by atoms with van der Waals surface area (Å²) in [7, 11) is 0. The van der Waals surface area contributed by atoms with Gasteiger partial charge in [-0.25, -0.2) is 4.98 Å². The second-order valence-corrected chi connectivity index (χ2v) is 7.76. The van der Waals surface area contributed by atoms with Gasteiger partial charge in [-0.1, -0.05) is 20.8 Å². The van der Waals surface area contributed by atoms with E-state index in [1.54, 1.807) is 0 Å².